The molecule has 1 saturated heterocycles. The van der Waals surface area contributed by atoms with Crippen LogP contribution in [0.5, 0.6) is 0 Å². The summed E-state index contributed by atoms with van der Waals surface area (Å²) < 4.78 is 8.03. The summed E-state index contributed by atoms with van der Waals surface area (Å²) >= 11 is 0. The summed E-state index contributed by atoms with van der Waals surface area (Å²) in [5, 5.41) is 0. The normalized spacial score (nSPS) is 15.9. The third-order valence-corrected chi connectivity index (χ3v) is 3.82. The molecule has 1 N–H and O–H groups in total. The van der Waals surface area contributed by atoms with Gasteiger partial charge in [-0.1, -0.05) is 13.8 Å². The van der Waals surface area contributed by atoms with Crippen molar-refractivity contribution in [2.24, 2.45) is 13.0 Å². The molecule has 8 nitrogen and oxygen atoms in total. The highest BCUT2D eigenvalue weighted by Crippen LogP contribution is 2.15. The van der Waals surface area contributed by atoms with E-state index < -0.39 is 0 Å². The van der Waals surface area contributed by atoms with E-state index in [0.29, 0.717) is 50.0 Å². The van der Waals surface area contributed by atoms with Crippen LogP contribution in [0.2, 0.25) is 0 Å². The molecule has 1 aliphatic heterocycles. The van der Waals surface area contributed by atoms with Crippen LogP contribution in [0.15, 0.2) is 9.59 Å². The Morgan fingerprint density at radius 1 is 1.27 bits per heavy atom. The molecule has 0 spiro atoms. The van der Waals surface area contributed by atoms with Gasteiger partial charge in [0.15, 0.2) is 11.2 Å². The van der Waals surface area contributed by atoms with Crippen LogP contribution in [0, 0.1) is 5.92 Å². The summed E-state index contributed by atoms with van der Waals surface area (Å²) in [6, 6.07) is 0. The van der Waals surface area contributed by atoms with Crippen molar-refractivity contribution in [3.8, 4) is 0 Å². The van der Waals surface area contributed by atoms with Crippen molar-refractivity contribution in [2.75, 3.05) is 31.2 Å². The molecule has 1 aliphatic rings. The highest BCUT2D eigenvalue weighted by molar-refractivity contribution is 5.73. The maximum absolute atomic E-state index is 12.4. The van der Waals surface area contributed by atoms with Gasteiger partial charge >= 0.3 is 5.69 Å². The number of H-pyrrole nitrogens is 1. The number of ether oxygens (including phenoxy) is 1. The maximum atomic E-state index is 12.4. The second-order valence-electron chi connectivity index (χ2n) is 6.01. The fraction of sp³-hybridized carbons (Fsp3) is 0.643. The molecule has 22 heavy (non-hydrogen) atoms. The lowest BCUT2D eigenvalue weighted by atomic mass is 10.2. The third kappa shape index (κ3) is 2.43. The zero-order chi connectivity index (χ0) is 15.9. The largest absolute Gasteiger partial charge is 0.378 e. The molecule has 0 bridgehead atoms. The molecule has 2 aromatic rings. The number of imidazole rings is 1. The van der Waals surface area contributed by atoms with Gasteiger partial charge in [0.1, 0.15) is 0 Å². The molecule has 0 aliphatic carbocycles. The number of morpholine rings is 1. The number of nitrogens with one attached hydrogen (secondary N) is 1. The lowest BCUT2D eigenvalue weighted by molar-refractivity contribution is 0.122. The quantitative estimate of drug-likeness (QED) is 0.857. The van der Waals surface area contributed by atoms with Crippen LogP contribution >= 0.6 is 0 Å². The number of fused-ring (bicyclic) bond motifs is 1. The van der Waals surface area contributed by atoms with Gasteiger partial charge in [0.2, 0.25) is 5.95 Å². The van der Waals surface area contributed by atoms with Crippen molar-refractivity contribution in [1.29, 1.82) is 0 Å². The number of hydrogen-bond donors (Lipinski definition) is 1. The molecule has 8 heteroatoms. The minimum atomic E-state index is -0.341. The van der Waals surface area contributed by atoms with Crippen molar-refractivity contribution in [3.63, 3.8) is 0 Å². The minimum Gasteiger partial charge on any atom is -0.378 e. The lowest BCUT2D eigenvalue weighted by Gasteiger charge is -2.25. The smallest absolute Gasteiger partial charge is 0.332 e. The zero-order valence-electron chi connectivity index (χ0n) is 13.1. The van der Waals surface area contributed by atoms with Crippen LogP contribution in [0.25, 0.3) is 11.2 Å². The molecule has 1 fully saturated rings. The highest BCUT2D eigenvalue weighted by Gasteiger charge is 2.20. The summed E-state index contributed by atoms with van der Waals surface area (Å²) in [6.07, 6.45) is 0. The molecular formula is C14H21N5O3. The second kappa shape index (κ2) is 5.60. The van der Waals surface area contributed by atoms with E-state index in [9.17, 15) is 9.59 Å². The van der Waals surface area contributed by atoms with Gasteiger partial charge in [0.25, 0.3) is 5.56 Å². The van der Waals surface area contributed by atoms with E-state index in [0.717, 1.165) is 4.57 Å². The first-order valence-electron chi connectivity index (χ1n) is 7.51. The van der Waals surface area contributed by atoms with Gasteiger partial charge in [-0.3, -0.25) is 13.9 Å². The van der Waals surface area contributed by atoms with E-state index in [2.05, 4.69) is 9.97 Å². The fourth-order valence-corrected chi connectivity index (χ4v) is 2.68. The van der Waals surface area contributed by atoms with Gasteiger partial charge in [-0.05, 0) is 5.92 Å². The lowest BCUT2D eigenvalue weighted by Crippen LogP contribution is -2.38. The molecule has 0 atom stereocenters. The first-order chi connectivity index (χ1) is 10.5. The molecule has 3 rings (SSSR count). The predicted molar refractivity (Wildman–Crippen MR) is 83.5 cm³/mol. The summed E-state index contributed by atoms with van der Waals surface area (Å²) in [4.78, 5) is 34.3. The van der Waals surface area contributed by atoms with Crippen LogP contribution in [0.1, 0.15) is 13.8 Å². The maximum Gasteiger partial charge on any atom is 0.332 e. The van der Waals surface area contributed by atoms with Crippen LogP contribution in [0.3, 0.4) is 0 Å². The van der Waals surface area contributed by atoms with Crippen molar-refractivity contribution in [3.05, 3.63) is 20.8 Å². The number of anilines is 1. The first kappa shape index (κ1) is 14.8. The van der Waals surface area contributed by atoms with E-state index in [4.69, 9.17) is 4.74 Å². The summed E-state index contributed by atoms with van der Waals surface area (Å²) in [5.74, 6) is 0.903. The van der Waals surface area contributed by atoms with Gasteiger partial charge < -0.3 is 14.6 Å². The van der Waals surface area contributed by atoms with E-state index in [-0.39, 0.29) is 17.2 Å². The summed E-state index contributed by atoms with van der Waals surface area (Å²) in [7, 11) is 1.50. The summed E-state index contributed by atoms with van der Waals surface area (Å²) in [5.41, 5.74) is 0.144. The van der Waals surface area contributed by atoms with Gasteiger partial charge in [0.05, 0.1) is 13.2 Å². The zero-order valence-corrected chi connectivity index (χ0v) is 13.1. The molecular weight excluding hydrogens is 286 g/mol. The molecule has 0 amide bonds. The predicted octanol–water partition coefficient (Wildman–Crippen LogP) is -0.0841. The Hall–Kier alpha value is -2.09. The van der Waals surface area contributed by atoms with E-state index >= 15 is 0 Å². The molecule has 0 unspecified atom stereocenters. The number of hydrogen-bond acceptors (Lipinski definition) is 5. The van der Waals surface area contributed by atoms with E-state index in [1.807, 2.05) is 18.7 Å². The minimum absolute atomic E-state index is 0.280. The van der Waals surface area contributed by atoms with Crippen molar-refractivity contribution < 1.29 is 4.74 Å². The molecule has 0 saturated carbocycles. The van der Waals surface area contributed by atoms with Crippen molar-refractivity contribution in [2.45, 2.75) is 20.4 Å². The molecule has 120 valence electrons. The van der Waals surface area contributed by atoms with Crippen LogP contribution < -0.4 is 16.1 Å². The number of nitrogens with zero attached hydrogens (tertiary/aromatic N) is 4. The van der Waals surface area contributed by atoms with Crippen LogP contribution in [-0.4, -0.2) is 45.4 Å². The number of aromatic amines is 1. The van der Waals surface area contributed by atoms with Gasteiger partial charge in [-0.2, -0.15) is 4.98 Å². The second-order valence-corrected chi connectivity index (χ2v) is 6.01. The molecule has 0 aromatic carbocycles. The molecule has 3 heterocycles. The van der Waals surface area contributed by atoms with Gasteiger partial charge in [0, 0.05) is 26.7 Å². The van der Waals surface area contributed by atoms with Crippen molar-refractivity contribution in [1.82, 2.24) is 19.1 Å². The topological polar surface area (TPSA) is 85.2 Å². The Morgan fingerprint density at radius 3 is 2.59 bits per heavy atom. The Morgan fingerprint density at radius 2 is 1.95 bits per heavy atom. The number of aromatic nitrogens is 4. The standard InChI is InChI=1S/C14H21N5O3/c1-9(2)8-19-11-10(12(20)17(3)14(19)21)15-13(16-11)18-4-6-22-7-5-18/h9H,4-8H2,1-3H3,(H,15,16). The molecule has 2 aromatic heterocycles. The highest BCUT2D eigenvalue weighted by atomic mass is 16.5. The number of rotatable bonds is 3. The van der Waals surface area contributed by atoms with E-state index in [1.165, 1.54) is 7.05 Å². The average Bonchev–Trinajstić information content (AvgIpc) is 2.95. The SMILES string of the molecule is CC(C)Cn1c(=O)n(C)c(=O)c2[nH]c(N3CCOCC3)nc21. The Kier molecular flexibility index (Phi) is 3.78. The van der Waals surface area contributed by atoms with E-state index in [1.54, 1.807) is 4.57 Å². The monoisotopic (exact) mass is 307 g/mol. The molecule has 0 radical (unpaired) electrons. The first-order valence-corrected chi connectivity index (χ1v) is 7.51. The Balaban J connectivity index is 2.18. The van der Waals surface area contributed by atoms with Crippen LogP contribution in [0.4, 0.5) is 5.95 Å². The van der Waals surface area contributed by atoms with Crippen LogP contribution in [-0.2, 0) is 18.3 Å². The third-order valence-electron chi connectivity index (χ3n) is 3.82. The fourth-order valence-electron chi connectivity index (χ4n) is 2.68. The van der Waals surface area contributed by atoms with Gasteiger partial charge in [-0.25, -0.2) is 4.79 Å². The van der Waals surface area contributed by atoms with Crippen molar-refractivity contribution >= 4 is 17.1 Å². The summed E-state index contributed by atoms with van der Waals surface area (Å²) in [6.45, 7) is 7.28. The van der Waals surface area contributed by atoms with Gasteiger partial charge in [-0.15, -0.1) is 0 Å². The Bertz CT molecular complexity index is 795. The Labute approximate surface area is 127 Å². The average molecular weight is 307 g/mol.